The van der Waals surface area contributed by atoms with E-state index in [1.165, 1.54) is 0 Å². The molecule has 0 saturated carbocycles. The van der Waals surface area contributed by atoms with Gasteiger partial charge in [-0.1, -0.05) is 17.3 Å². The second-order valence-corrected chi connectivity index (χ2v) is 5.28. The molecule has 2 heterocycles. The van der Waals surface area contributed by atoms with Gasteiger partial charge in [-0.25, -0.2) is 0 Å². The number of benzene rings is 1. The molecule has 0 radical (unpaired) electrons. The lowest BCUT2D eigenvalue weighted by Gasteiger charge is -2.15. The average Bonchev–Trinajstić information content (AvgIpc) is 3.09. The van der Waals surface area contributed by atoms with Gasteiger partial charge >= 0.3 is 0 Å². The molecule has 20 heavy (non-hydrogen) atoms. The topological polar surface area (TPSA) is 46.3 Å². The first-order chi connectivity index (χ1) is 9.66. The van der Waals surface area contributed by atoms with Crippen molar-refractivity contribution in [2.45, 2.75) is 26.7 Å². The highest BCUT2D eigenvalue weighted by Crippen LogP contribution is 2.27. The van der Waals surface area contributed by atoms with E-state index in [9.17, 15) is 4.79 Å². The van der Waals surface area contributed by atoms with E-state index in [0.717, 1.165) is 54.1 Å². The van der Waals surface area contributed by atoms with Gasteiger partial charge in [-0.05, 0) is 44.4 Å². The fourth-order valence-electron chi connectivity index (χ4n) is 2.78. The van der Waals surface area contributed by atoms with E-state index in [2.05, 4.69) is 5.16 Å². The number of carbonyl (C=O) groups excluding carboxylic acids is 1. The SMILES string of the molecule is Cc1noc(C)c1-c1ccc(C(=O)N2CCCC2)cc1. The van der Waals surface area contributed by atoms with Crippen molar-refractivity contribution < 1.29 is 9.32 Å². The van der Waals surface area contributed by atoms with Crippen LogP contribution in [0.1, 0.15) is 34.7 Å². The van der Waals surface area contributed by atoms with Gasteiger partial charge in [0.15, 0.2) is 0 Å². The molecule has 4 heteroatoms. The van der Waals surface area contributed by atoms with Crippen LogP contribution in [0.2, 0.25) is 0 Å². The van der Waals surface area contributed by atoms with Gasteiger partial charge in [-0.15, -0.1) is 0 Å². The van der Waals surface area contributed by atoms with Crippen molar-refractivity contribution in [2.24, 2.45) is 0 Å². The van der Waals surface area contributed by atoms with E-state index in [1.54, 1.807) is 0 Å². The fourth-order valence-corrected chi connectivity index (χ4v) is 2.78. The summed E-state index contributed by atoms with van der Waals surface area (Å²) in [4.78, 5) is 14.2. The number of hydrogen-bond donors (Lipinski definition) is 0. The molecule has 104 valence electrons. The van der Waals surface area contributed by atoms with E-state index >= 15 is 0 Å². The van der Waals surface area contributed by atoms with Crippen LogP contribution >= 0.6 is 0 Å². The van der Waals surface area contributed by atoms with E-state index in [-0.39, 0.29) is 5.91 Å². The summed E-state index contributed by atoms with van der Waals surface area (Å²) < 4.78 is 5.18. The Kier molecular flexibility index (Phi) is 3.30. The second-order valence-electron chi connectivity index (χ2n) is 5.28. The molecular formula is C16H18N2O2. The van der Waals surface area contributed by atoms with Crippen molar-refractivity contribution in [3.05, 3.63) is 41.3 Å². The summed E-state index contributed by atoms with van der Waals surface area (Å²) >= 11 is 0. The number of amides is 1. The van der Waals surface area contributed by atoms with E-state index < -0.39 is 0 Å². The zero-order valence-electron chi connectivity index (χ0n) is 11.8. The summed E-state index contributed by atoms with van der Waals surface area (Å²) in [6.07, 6.45) is 2.23. The van der Waals surface area contributed by atoms with Crippen LogP contribution in [-0.2, 0) is 0 Å². The minimum absolute atomic E-state index is 0.132. The fraction of sp³-hybridized carbons (Fsp3) is 0.375. The van der Waals surface area contributed by atoms with Crippen LogP contribution < -0.4 is 0 Å². The normalized spacial score (nSPS) is 14.8. The molecule has 0 unspecified atom stereocenters. The number of hydrogen-bond acceptors (Lipinski definition) is 3. The first-order valence-corrected chi connectivity index (χ1v) is 6.99. The Balaban J connectivity index is 1.86. The molecule has 0 spiro atoms. The van der Waals surface area contributed by atoms with Crippen LogP contribution in [0, 0.1) is 13.8 Å². The molecule has 0 bridgehead atoms. The third kappa shape index (κ3) is 2.22. The van der Waals surface area contributed by atoms with Crippen LogP contribution in [0.15, 0.2) is 28.8 Å². The van der Waals surface area contributed by atoms with Crippen molar-refractivity contribution in [1.82, 2.24) is 10.1 Å². The molecular weight excluding hydrogens is 252 g/mol. The summed E-state index contributed by atoms with van der Waals surface area (Å²) in [7, 11) is 0. The molecule has 1 aromatic heterocycles. The molecule has 0 N–H and O–H groups in total. The van der Waals surface area contributed by atoms with Gasteiger partial charge in [-0.3, -0.25) is 4.79 Å². The Morgan fingerprint density at radius 2 is 1.80 bits per heavy atom. The van der Waals surface area contributed by atoms with Crippen molar-refractivity contribution in [3.63, 3.8) is 0 Å². The highest BCUT2D eigenvalue weighted by molar-refractivity contribution is 5.95. The number of carbonyl (C=O) groups is 1. The lowest BCUT2D eigenvalue weighted by atomic mass is 10.0. The van der Waals surface area contributed by atoms with Crippen LogP contribution in [0.3, 0.4) is 0 Å². The molecule has 2 aromatic rings. The van der Waals surface area contributed by atoms with Crippen LogP contribution in [0.5, 0.6) is 0 Å². The predicted octanol–water partition coefficient (Wildman–Crippen LogP) is 3.19. The molecule has 4 nitrogen and oxygen atoms in total. The Bertz CT molecular complexity index is 603. The molecule has 1 aliphatic rings. The first kappa shape index (κ1) is 12.9. The highest BCUT2D eigenvalue weighted by atomic mass is 16.5. The quantitative estimate of drug-likeness (QED) is 0.842. The third-order valence-corrected chi connectivity index (χ3v) is 3.85. The Morgan fingerprint density at radius 3 is 2.35 bits per heavy atom. The van der Waals surface area contributed by atoms with Gasteiger partial charge in [0, 0.05) is 24.2 Å². The summed E-state index contributed by atoms with van der Waals surface area (Å²) in [5, 5.41) is 3.96. The van der Waals surface area contributed by atoms with Gasteiger partial charge in [0.1, 0.15) is 5.76 Å². The molecule has 0 aliphatic carbocycles. The summed E-state index contributed by atoms with van der Waals surface area (Å²) in [6, 6.07) is 7.72. The summed E-state index contributed by atoms with van der Waals surface area (Å²) in [6.45, 7) is 5.59. The predicted molar refractivity (Wildman–Crippen MR) is 76.6 cm³/mol. The number of nitrogens with zero attached hydrogens (tertiary/aromatic N) is 2. The maximum atomic E-state index is 12.3. The minimum Gasteiger partial charge on any atom is -0.361 e. The third-order valence-electron chi connectivity index (χ3n) is 3.85. The average molecular weight is 270 g/mol. The molecule has 1 aliphatic heterocycles. The van der Waals surface area contributed by atoms with Crippen molar-refractivity contribution in [2.75, 3.05) is 13.1 Å². The zero-order valence-corrected chi connectivity index (χ0v) is 11.8. The van der Waals surface area contributed by atoms with Crippen LogP contribution in [0.4, 0.5) is 0 Å². The number of aromatic nitrogens is 1. The zero-order chi connectivity index (χ0) is 14.1. The molecule has 1 aromatic carbocycles. The molecule has 1 amide bonds. The summed E-state index contributed by atoms with van der Waals surface area (Å²) in [5.41, 5.74) is 3.69. The van der Waals surface area contributed by atoms with Crippen LogP contribution in [-0.4, -0.2) is 29.1 Å². The Morgan fingerprint density at radius 1 is 1.15 bits per heavy atom. The minimum atomic E-state index is 0.132. The maximum Gasteiger partial charge on any atom is 0.253 e. The molecule has 1 fully saturated rings. The number of rotatable bonds is 2. The maximum absolute atomic E-state index is 12.3. The monoisotopic (exact) mass is 270 g/mol. The van der Waals surface area contributed by atoms with E-state index in [0.29, 0.717) is 0 Å². The second kappa shape index (κ2) is 5.12. The Hall–Kier alpha value is -2.10. The standard InChI is InChI=1S/C16H18N2O2/c1-11-15(12(2)20-17-11)13-5-7-14(8-6-13)16(19)18-9-3-4-10-18/h5-8H,3-4,9-10H2,1-2H3. The van der Waals surface area contributed by atoms with Gasteiger partial charge in [-0.2, -0.15) is 0 Å². The van der Waals surface area contributed by atoms with Crippen molar-refractivity contribution in [3.8, 4) is 11.1 Å². The number of likely N-dealkylation sites (tertiary alicyclic amines) is 1. The van der Waals surface area contributed by atoms with Crippen molar-refractivity contribution in [1.29, 1.82) is 0 Å². The summed E-state index contributed by atoms with van der Waals surface area (Å²) in [5.74, 6) is 0.939. The van der Waals surface area contributed by atoms with Crippen molar-refractivity contribution >= 4 is 5.91 Å². The van der Waals surface area contributed by atoms with Gasteiger partial charge in [0.2, 0.25) is 0 Å². The van der Waals surface area contributed by atoms with Gasteiger partial charge in [0.05, 0.1) is 5.69 Å². The smallest absolute Gasteiger partial charge is 0.253 e. The lowest BCUT2D eigenvalue weighted by Crippen LogP contribution is -2.27. The largest absolute Gasteiger partial charge is 0.361 e. The molecule has 3 rings (SSSR count). The lowest BCUT2D eigenvalue weighted by molar-refractivity contribution is 0.0793. The van der Waals surface area contributed by atoms with Gasteiger partial charge in [0.25, 0.3) is 5.91 Å². The molecule has 0 atom stereocenters. The van der Waals surface area contributed by atoms with Gasteiger partial charge < -0.3 is 9.42 Å². The van der Waals surface area contributed by atoms with E-state index in [4.69, 9.17) is 4.52 Å². The number of aryl methyl sites for hydroxylation is 2. The highest BCUT2D eigenvalue weighted by Gasteiger charge is 2.19. The first-order valence-electron chi connectivity index (χ1n) is 6.99. The Labute approximate surface area is 118 Å². The van der Waals surface area contributed by atoms with Crippen LogP contribution in [0.25, 0.3) is 11.1 Å². The van der Waals surface area contributed by atoms with E-state index in [1.807, 2.05) is 43.0 Å². The molecule has 1 saturated heterocycles.